The molecule has 0 unspecified atom stereocenters. The van der Waals surface area contributed by atoms with Crippen LogP contribution in [0.2, 0.25) is 0 Å². The lowest BCUT2D eigenvalue weighted by Gasteiger charge is -2.37. The van der Waals surface area contributed by atoms with Crippen molar-refractivity contribution in [3.05, 3.63) is 0 Å². The standard InChI is InChI=1S/C14H22N2O4/c17-11(9-16-8-3-1-2-5-12(16)18)15-10-14(13(19)20)6-4-7-14/h1-10H2,(H,15,17)(H,19,20). The highest BCUT2D eigenvalue weighted by Gasteiger charge is 2.44. The Bertz CT molecular complexity index is 404. The maximum Gasteiger partial charge on any atom is 0.311 e. The SMILES string of the molecule is O=C(CN1CCCCCC1=O)NCC1(C(=O)O)CCC1. The number of hydrogen-bond acceptors (Lipinski definition) is 3. The third-order valence-corrected chi connectivity index (χ3v) is 4.39. The molecule has 0 atom stereocenters. The van der Waals surface area contributed by atoms with Crippen LogP contribution in [-0.2, 0) is 14.4 Å². The molecular formula is C14H22N2O4. The molecule has 2 fully saturated rings. The molecule has 1 saturated heterocycles. The number of carbonyl (C=O) groups excluding carboxylic acids is 2. The summed E-state index contributed by atoms with van der Waals surface area (Å²) in [6.45, 7) is 0.841. The van der Waals surface area contributed by atoms with Crippen LogP contribution < -0.4 is 5.32 Å². The minimum absolute atomic E-state index is 0.0224. The number of carboxylic acids is 1. The lowest BCUT2D eigenvalue weighted by atomic mass is 9.69. The summed E-state index contributed by atoms with van der Waals surface area (Å²) in [6.07, 6.45) is 5.47. The monoisotopic (exact) mass is 282 g/mol. The summed E-state index contributed by atoms with van der Waals surface area (Å²) in [4.78, 5) is 36.4. The molecule has 0 aromatic carbocycles. The predicted octanol–water partition coefficient (Wildman–Crippen LogP) is 0.760. The number of hydrogen-bond donors (Lipinski definition) is 2. The van der Waals surface area contributed by atoms with E-state index in [0.717, 1.165) is 25.7 Å². The van der Waals surface area contributed by atoms with Crippen molar-refractivity contribution >= 4 is 17.8 Å². The Morgan fingerprint density at radius 3 is 2.55 bits per heavy atom. The minimum Gasteiger partial charge on any atom is -0.481 e. The number of rotatable bonds is 5. The van der Waals surface area contributed by atoms with Gasteiger partial charge in [-0.2, -0.15) is 0 Å². The molecule has 2 rings (SSSR count). The van der Waals surface area contributed by atoms with Gasteiger partial charge in [-0.1, -0.05) is 12.8 Å². The fraction of sp³-hybridized carbons (Fsp3) is 0.786. The highest BCUT2D eigenvalue weighted by atomic mass is 16.4. The molecular weight excluding hydrogens is 260 g/mol. The van der Waals surface area contributed by atoms with Gasteiger partial charge < -0.3 is 15.3 Å². The van der Waals surface area contributed by atoms with Crippen molar-refractivity contribution in [3.63, 3.8) is 0 Å². The molecule has 2 amide bonds. The zero-order valence-corrected chi connectivity index (χ0v) is 11.7. The zero-order chi connectivity index (χ0) is 14.6. The molecule has 0 radical (unpaired) electrons. The van der Waals surface area contributed by atoms with Crippen molar-refractivity contribution < 1.29 is 19.5 Å². The van der Waals surface area contributed by atoms with Gasteiger partial charge in [0.05, 0.1) is 12.0 Å². The van der Waals surface area contributed by atoms with Crippen LogP contribution >= 0.6 is 0 Å². The summed E-state index contributed by atoms with van der Waals surface area (Å²) in [6, 6.07) is 0. The summed E-state index contributed by atoms with van der Waals surface area (Å²) < 4.78 is 0. The minimum atomic E-state index is -0.838. The highest BCUT2D eigenvalue weighted by Crippen LogP contribution is 2.40. The van der Waals surface area contributed by atoms with E-state index in [0.29, 0.717) is 25.8 Å². The fourth-order valence-electron chi connectivity index (χ4n) is 2.77. The van der Waals surface area contributed by atoms with Gasteiger partial charge in [-0.05, 0) is 25.7 Å². The smallest absolute Gasteiger partial charge is 0.311 e. The van der Waals surface area contributed by atoms with Gasteiger partial charge in [0.2, 0.25) is 11.8 Å². The van der Waals surface area contributed by atoms with Crippen molar-refractivity contribution in [1.29, 1.82) is 0 Å². The van der Waals surface area contributed by atoms with Crippen LogP contribution in [0, 0.1) is 5.41 Å². The van der Waals surface area contributed by atoms with Crippen LogP contribution in [0.4, 0.5) is 0 Å². The molecule has 1 heterocycles. The molecule has 20 heavy (non-hydrogen) atoms. The average Bonchev–Trinajstić information content (AvgIpc) is 2.53. The maximum atomic E-state index is 11.9. The second-order valence-electron chi connectivity index (χ2n) is 5.84. The molecule has 1 aliphatic heterocycles. The number of carboxylic acid groups (broad SMARTS) is 1. The Labute approximate surface area is 118 Å². The molecule has 1 saturated carbocycles. The van der Waals surface area contributed by atoms with E-state index in [-0.39, 0.29) is 24.9 Å². The van der Waals surface area contributed by atoms with Crippen LogP contribution in [0.1, 0.15) is 44.9 Å². The van der Waals surface area contributed by atoms with Crippen molar-refractivity contribution in [2.45, 2.75) is 44.9 Å². The predicted molar refractivity (Wildman–Crippen MR) is 72.0 cm³/mol. The van der Waals surface area contributed by atoms with E-state index in [1.807, 2.05) is 0 Å². The Morgan fingerprint density at radius 1 is 1.20 bits per heavy atom. The highest BCUT2D eigenvalue weighted by molar-refractivity contribution is 5.85. The lowest BCUT2D eigenvalue weighted by Crippen LogP contribution is -2.49. The van der Waals surface area contributed by atoms with Crippen molar-refractivity contribution in [3.8, 4) is 0 Å². The first-order valence-corrected chi connectivity index (χ1v) is 7.31. The molecule has 2 aliphatic rings. The first kappa shape index (κ1) is 14.8. The molecule has 2 N–H and O–H groups in total. The Kier molecular flexibility index (Phi) is 4.62. The van der Waals surface area contributed by atoms with Gasteiger partial charge >= 0.3 is 5.97 Å². The van der Waals surface area contributed by atoms with Gasteiger partial charge in [0.25, 0.3) is 0 Å². The largest absolute Gasteiger partial charge is 0.481 e. The summed E-state index contributed by atoms with van der Waals surface area (Å²) in [5, 5.41) is 11.9. The molecule has 112 valence electrons. The number of nitrogens with zero attached hydrogens (tertiary/aromatic N) is 1. The topological polar surface area (TPSA) is 86.7 Å². The summed E-state index contributed by atoms with van der Waals surface area (Å²) in [5.74, 6) is -1.07. The average molecular weight is 282 g/mol. The van der Waals surface area contributed by atoms with E-state index in [2.05, 4.69) is 5.32 Å². The first-order valence-electron chi connectivity index (χ1n) is 7.31. The second-order valence-corrected chi connectivity index (χ2v) is 5.84. The van der Waals surface area contributed by atoms with Gasteiger partial charge in [0.15, 0.2) is 0 Å². The van der Waals surface area contributed by atoms with E-state index in [1.54, 1.807) is 4.90 Å². The van der Waals surface area contributed by atoms with Crippen LogP contribution in [0.25, 0.3) is 0 Å². The van der Waals surface area contributed by atoms with Crippen LogP contribution in [0.5, 0.6) is 0 Å². The number of nitrogens with one attached hydrogen (secondary N) is 1. The first-order chi connectivity index (χ1) is 9.53. The van der Waals surface area contributed by atoms with E-state index in [9.17, 15) is 19.5 Å². The fourth-order valence-corrected chi connectivity index (χ4v) is 2.77. The van der Waals surface area contributed by atoms with Crippen LogP contribution in [-0.4, -0.2) is 47.4 Å². The van der Waals surface area contributed by atoms with Gasteiger partial charge in [0.1, 0.15) is 0 Å². The normalized spacial score (nSPS) is 21.8. The third kappa shape index (κ3) is 3.29. The number of amides is 2. The number of aliphatic carboxylic acids is 1. The molecule has 0 aromatic heterocycles. The van der Waals surface area contributed by atoms with Crippen LogP contribution in [0.3, 0.4) is 0 Å². The second kappa shape index (κ2) is 6.24. The molecule has 0 aromatic rings. The van der Waals surface area contributed by atoms with Crippen molar-refractivity contribution in [1.82, 2.24) is 10.2 Å². The molecule has 0 bridgehead atoms. The maximum absolute atomic E-state index is 11.9. The zero-order valence-electron chi connectivity index (χ0n) is 11.7. The van der Waals surface area contributed by atoms with E-state index >= 15 is 0 Å². The Morgan fingerprint density at radius 2 is 1.95 bits per heavy atom. The summed E-state index contributed by atoms with van der Waals surface area (Å²) in [5.41, 5.74) is -0.779. The van der Waals surface area contributed by atoms with Gasteiger partial charge in [0, 0.05) is 19.5 Å². The van der Waals surface area contributed by atoms with Crippen molar-refractivity contribution in [2.24, 2.45) is 5.41 Å². The van der Waals surface area contributed by atoms with E-state index in [4.69, 9.17) is 0 Å². The summed E-state index contributed by atoms with van der Waals surface area (Å²) >= 11 is 0. The Hall–Kier alpha value is -1.59. The van der Waals surface area contributed by atoms with Gasteiger partial charge in [-0.25, -0.2) is 0 Å². The summed E-state index contributed by atoms with van der Waals surface area (Å²) in [7, 11) is 0. The Balaban J connectivity index is 1.80. The van der Waals surface area contributed by atoms with E-state index < -0.39 is 11.4 Å². The lowest BCUT2D eigenvalue weighted by molar-refractivity contribution is -0.154. The molecule has 6 heteroatoms. The molecule has 0 spiro atoms. The quantitative estimate of drug-likeness (QED) is 0.779. The van der Waals surface area contributed by atoms with Gasteiger partial charge in [-0.3, -0.25) is 14.4 Å². The number of carbonyl (C=O) groups is 3. The number of likely N-dealkylation sites (tertiary alicyclic amines) is 1. The third-order valence-electron chi connectivity index (χ3n) is 4.39. The molecule has 6 nitrogen and oxygen atoms in total. The van der Waals surface area contributed by atoms with Crippen LogP contribution in [0.15, 0.2) is 0 Å². The molecule has 1 aliphatic carbocycles. The van der Waals surface area contributed by atoms with Gasteiger partial charge in [-0.15, -0.1) is 0 Å². The van der Waals surface area contributed by atoms with E-state index in [1.165, 1.54) is 0 Å². The van der Waals surface area contributed by atoms with Crippen molar-refractivity contribution in [2.75, 3.05) is 19.6 Å².